The van der Waals surface area contributed by atoms with E-state index in [4.69, 9.17) is 10.5 Å². The van der Waals surface area contributed by atoms with E-state index in [-0.39, 0.29) is 30.1 Å². The molecule has 0 bridgehead atoms. The number of benzene rings is 2. The quantitative estimate of drug-likeness (QED) is 0.579. The monoisotopic (exact) mass is 419 g/mol. The van der Waals surface area contributed by atoms with Crippen molar-refractivity contribution >= 4 is 29.9 Å². The van der Waals surface area contributed by atoms with Crippen molar-refractivity contribution in [2.75, 3.05) is 18.5 Å². The number of amides is 2. The fourth-order valence-corrected chi connectivity index (χ4v) is 2.81. The summed E-state index contributed by atoms with van der Waals surface area (Å²) in [4.78, 5) is 25.4. The first-order valence-corrected chi connectivity index (χ1v) is 9.51. The number of halogens is 1. The van der Waals surface area contributed by atoms with Gasteiger partial charge in [0.25, 0.3) is 5.91 Å². The third kappa shape index (κ3) is 7.75. The van der Waals surface area contributed by atoms with Crippen LogP contribution in [0.5, 0.6) is 5.75 Å². The van der Waals surface area contributed by atoms with Crippen molar-refractivity contribution in [1.29, 1.82) is 0 Å². The van der Waals surface area contributed by atoms with Crippen molar-refractivity contribution < 1.29 is 14.3 Å². The van der Waals surface area contributed by atoms with Gasteiger partial charge >= 0.3 is 0 Å². The standard InChI is InChI=1S/C22H29N3O3.ClH/c1-15(2)14-20(25-21(26)19-7-5-4-6-16(19)3)22(27)24-17-8-10-18(11-9-17)28-13-12-23;/h4-11,15,20H,12-14,23H2,1-3H3,(H,24,27)(H,25,26);1H. The fourth-order valence-electron chi connectivity index (χ4n) is 2.81. The summed E-state index contributed by atoms with van der Waals surface area (Å²) in [5, 5.41) is 5.74. The summed E-state index contributed by atoms with van der Waals surface area (Å²) < 4.78 is 5.43. The Hall–Kier alpha value is -2.57. The van der Waals surface area contributed by atoms with Gasteiger partial charge in [-0.1, -0.05) is 32.0 Å². The summed E-state index contributed by atoms with van der Waals surface area (Å²) in [5.74, 6) is 0.450. The Balaban J connectivity index is 0.00000420. The van der Waals surface area contributed by atoms with Gasteiger partial charge in [-0.3, -0.25) is 9.59 Å². The molecule has 0 heterocycles. The molecule has 0 aliphatic rings. The second-order valence-electron chi connectivity index (χ2n) is 7.12. The van der Waals surface area contributed by atoms with Gasteiger partial charge in [-0.15, -0.1) is 12.4 Å². The van der Waals surface area contributed by atoms with Crippen LogP contribution in [0.15, 0.2) is 48.5 Å². The summed E-state index contributed by atoms with van der Waals surface area (Å²) in [5.41, 5.74) is 7.51. The van der Waals surface area contributed by atoms with Crippen LogP contribution in [0.4, 0.5) is 5.69 Å². The third-order valence-electron chi connectivity index (χ3n) is 4.23. The van der Waals surface area contributed by atoms with Gasteiger partial charge in [0.1, 0.15) is 18.4 Å². The molecule has 2 aromatic rings. The molecule has 2 amide bonds. The second-order valence-corrected chi connectivity index (χ2v) is 7.12. The summed E-state index contributed by atoms with van der Waals surface area (Å²) in [6.45, 7) is 6.79. The minimum Gasteiger partial charge on any atom is -0.492 e. The number of nitrogens with one attached hydrogen (secondary N) is 2. The van der Waals surface area contributed by atoms with E-state index >= 15 is 0 Å². The second kappa shape index (κ2) is 12.1. The molecule has 2 rings (SSSR count). The molecule has 4 N–H and O–H groups in total. The molecule has 0 saturated carbocycles. The highest BCUT2D eigenvalue weighted by Crippen LogP contribution is 2.17. The number of nitrogens with two attached hydrogens (primary N) is 1. The van der Waals surface area contributed by atoms with E-state index in [9.17, 15) is 9.59 Å². The number of ether oxygens (including phenoxy) is 1. The molecule has 0 aromatic heterocycles. The van der Waals surface area contributed by atoms with Crippen LogP contribution in [0.3, 0.4) is 0 Å². The first-order valence-electron chi connectivity index (χ1n) is 9.51. The van der Waals surface area contributed by atoms with E-state index < -0.39 is 6.04 Å². The molecule has 7 heteroatoms. The summed E-state index contributed by atoms with van der Waals surface area (Å²) in [6.07, 6.45) is 0.543. The van der Waals surface area contributed by atoms with E-state index in [1.54, 1.807) is 30.3 Å². The highest BCUT2D eigenvalue weighted by atomic mass is 35.5. The van der Waals surface area contributed by atoms with Crippen molar-refractivity contribution in [1.82, 2.24) is 5.32 Å². The van der Waals surface area contributed by atoms with Crippen LogP contribution in [0, 0.1) is 12.8 Å². The number of anilines is 1. The highest BCUT2D eigenvalue weighted by Gasteiger charge is 2.23. The molecule has 29 heavy (non-hydrogen) atoms. The number of carbonyl (C=O) groups is 2. The van der Waals surface area contributed by atoms with E-state index in [1.165, 1.54) is 0 Å². The lowest BCUT2D eigenvalue weighted by molar-refractivity contribution is -0.118. The lowest BCUT2D eigenvalue weighted by Gasteiger charge is -2.21. The number of carbonyl (C=O) groups excluding carboxylic acids is 2. The molecule has 0 fully saturated rings. The van der Waals surface area contributed by atoms with Crippen LogP contribution in [0.2, 0.25) is 0 Å². The Morgan fingerprint density at radius 1 is 1.07 bits per heavy atom. The molecule has 6 nitrogen and oxygen atoms in total. The molecule has 0 radical (unpaired) electrons. The SMILES string of the molecule is Cc1ccccc1C(=O)NC(CC(C)C)C(=O)Nc1ccc(OCCN)cc1.Cl. The normalized spacial score (nSPS) is 11.3. The van der Waals surface area contributed by atoms with Gasteiger partial charge in [-0.25, -0.2) is 0 Å². The molecule has 1 unspecified atom stereocenters. The van der Waals surface area contributed by atoms with Crippen molar-refractivity contribution in [2.24, 2.45) is 11.7 Å². The fraction of sp³-hybridized carbons (Fsp3) is 0.364. The first-order chi connectivity index (χ1) is 13.4. The molecule has 1 atom stereocenters. The van der Waals surface area contributed by atoms with Crippen LogP contribution in [-0.4, -0.2) is 31.0 Å². The Morgan fingerprint density at radius 2 is 1.72 bits per heavy atom. The minimum absolute atomic E-state index is 0. The molecular weight excluding hydrogens is 390 g/mol. The number of hydrogen-bond acceptors (Lipinski definition) is 4. The van der Waals surface area contributed by atoms with Crippen LogP contribution in [0.25, 0.3) is 0 Å². The lowest BCUT2D eigenvalue weighted by Crippen LogP contribution is -2.44. The van der Waals surface area contributed by atoms with Gasteiger partial charge < -0.3 is 21.1 Å². The van der Waals surface area contributed by atoms with Crippen LogP contribution in [0.1, 0.15) is 36.2 Å². The molecule has 2 aromatic carbocycles. The number of rotatable bonds is 9. The maximum atomic E-state index is 12.8. The van der Waals surface area contributed by atoms with Gasteiger partial charge in [0.2, 0.25) is 5.91 Å². The van der Waals surface area contributed by atoms with Gasteiger partial charge in [0.05, 0.1) is 0 Å². The zero-order valence-electron chi connectivity index (χ0n) is 17.1. The van der Waals surface area contributed by atoms with Crippen molar-refractivity contribution in [3.8, 4) is 5.75 Å². The van der Waals surface area contributed by atoms with Gasteiger partial charge in [0, 0.05) is 17.8 Å². The van der Waals surface area contributed by atoms with Crippen molar-refractivity contribution in [3.05, 3.63) is 59.7 Å². The highest BCUT2D eigenvalue weighted by molar-refractivity contribution is 6.01. The summed E-state index contributed by atoms with van der Waals surface area (Å²) in [6, 6.07) is 13.8. The topological polar surface area (TPSA) is 93.5 Å². The van der Waals surface area contributed by atoms with E-state index in [0.717, 1.165) is 5.56 Å². The number of hydrogen-bond donors (Lipinski definition) is 3. The average Bonchev–Trinajstić information content (AvgIpc) is 2.66. The van der Waals surface area contributed by atoms with Crippen LogP contribution < -0.4 is 21.1 Å². The zero-order chi connectivity index (χ0) is 20.5. The largest absolute Gasteiger partial charge is 0.492 e. The van der Waals surface area contributed by atoms with Gasteiger partial charge in [-0.2, -0.15) is 0 Å². The summed E-state index contributed by atoms with van der Waals surface area (Å²) >= 11 is 0. The molecule has 0 aliphatic carbocycles. The van der Waals surface area contributed by atoms with E-state index in [2.05, 4.69) is 10.6 Å². The predicted octanol–water partition coefficient (Wildman–Crippen LogP) is 3.54. The third-order valence-corrected chi connectivity index (χ3v) is 4.23. The average molecular weight is 420 g/mol. The minimum atomic E-state index is -0.625. The Kier molecular flexibility index (Phi) is 10.2. The van der Waals surface area contributed by atoms with E-state index in [1.807, 2.05) is 39.0 Å². The van der Waals surface area contributed by atoms with Gasteiger partial charge in [0.15, 0.2) is 0 Å². The lowest BCUT2D eigenvalue weighted by atomic mass is 10.0. The summed E-state index contributed by atoms with van der Waals surface area (Å²) in [7, 11) is 0. The smallest absolute Gasteiger partial charge is 0.252 e. The number of aryl methyl sites for hydroxylation is 1. The van der Waals surface area contributed by atoms with Crippen LogP contribution >= 0.6 is 12.4 Å². The maximum Gasteiger partial charge on any atom is 0.252 e. The van der Waals surface area contributed by atoms with Gasteiger partial charge in [-0.05, 0) is 55.2 Å². The molecule has 0 spiro atoms. The molecule has 0 aliphatic heterocycles. The van der Waals surface area contributed by atoms with E-state index in [0.29, 0.717) is 36.6 Å². The zero-order valence-corrected chi connectivity index (χ0v) is 17.9. The Labute approximate surface area is 178 Å². The van der Waals surface area contributed by atoms with Crippen LogP contribution in [-0.2, 0) is 4.79 Å². The Morgan fingerprint density at radius 3 is 2.31 bits per heavy atom. The predicted molar refractivity (Wildman–Crippen MR) is 119 cm³/mol. The van der Waals surface area contributed by atoms with Crippen molar-refractivity contribution in [2.45, 2.75) is 33.2 Å². The maximum absolute atomic E-state index is 12.8. The molecular formula is C22H30ClN3O3. The molecule has 158 valence electrons. The molecule has 0 saturated heterocycles. The van der Waals surface area contributed by atoms with Crippen molar-refractivity contribution in [3.63, 3.8) is 0 Å². The Bertz CT molecular complexity index is 794. The first kappa shape index (κ1) is 24.5.